The lowest BCUT2D eigenvalue weighted by atomic mass is 9.65. The van der Waals surface area contributed by atoms with E-state index < -0.39 is 34.1 Å². The van der Waals surface area contributed by atoms with Crippen molar-refractivity contribution in [2.24, 2.45) is 10.8 Å². The van der Waals surface area contributed by atoms with Crippen LogP contribution in [0.25, 0.3) is 16.8 Å². The van der Waals surface area contributed by atoms with Gasteiger partial charge >= 0.3 is 12.1 Å². The van der Waals surface area contributed by atoms with Gasteiger partial charge in [0.05, 0.1) is 11.0 Å². The van der Waals surface area contributed by atoms with Crippen LogP contribution in [0.4, 0.5) is 19.0 Å². The van der Waals surface area contributed by atoms with Gasteiger partial charge in [-0.1, -0.05) is 50.2 Å². The minimum atomic E-state index is -4.53. The Morgan fingerprint density at radius 1 is 1.07 bits per heavy atom. The van der Waals surface area contributed by atoms with E-state index in [4.69, 9.17) is 10.7 Å². The molecule has 0 spiro atoms. The molecule has 0 unspecified atom stereocenters. The Morgan fingerprint density at radius 2 is 1.73 bits per heavy atom. The highest BCUT2D eigenvalue weighted by molar-refractivity contribution is 5.85. The number of nitrogens with two attached hydrogens (primary N) is 1. The van der Waals surface area contributed by atoms with Crippen molar-refractivity contribution in [1.82, 2.24) is 14.4 Å². The van der Waals surface area contributed by atoms with E-state index in [2.05, 4.69) is 4.98 Å². The number of carboxylic acid groups (broad SMARTS) is 1. The van der Waals surface area contributed by atoms with Crippen LogP contribution in [0.3, 0.4) is 0 Å². The van der Waals surface area contributed by atoms with Gasteiger partial charge in [0.2, 0.25) is 0 Å². The van der Waals surface area contributed by atoms with Crippen LogP contribution in [-0.2, 0) is 16.6 Å². The van der Waals surface area contributed by atoms with Gasteiger partial charge in [-0.25, -0.2) is 9.97 Å². The standard InChI is InChI=1S/C30H31F3N4O3/c1-27(2)21(12-13-28(27,3)26(38)39)25-36-22(23-24(34)35-14-15-37(23)25)17-8-10-18(11-9-17)29(4,40)19-6-5-7-20(16-19)30(31,32)33/h5-11,14-16,21,40H,12-13H2,1-4H3,(H2,34,35)(H,38,39)/t21-,28+,29-/m1/s1. The molecule has 1 aliphatic carbocycles. The molecule has 0 amide bonds. The summed E-state index contributed by atoms with van der Waals surface area (Å²) in [4.78, 5) is 21.4. The molecule has 1 aliphatic rings. The van der Waals surface area contributed by atoms with Crippen LogP contribution < -0.4 is 5.73 Å². The molecule has 0 aliphatic heterocycles. The van der Waals surface area contributed by atoms with Crippen molar-refractivity contribution in [3.8, 4) is 11.3 Å². The fraction of sp³-hybridized carbons (Fsp3) is 0.367. The number of rotatable bonds is 5. The largest absolute Gasteiger partial charge is 0.481 e. The van der Waals surface area contributed by atoms with E-state index in [1.807, 2.05) is 18.2 Å². The lowest BCUT2D eigenvalue weighted by Crippen LogP contribution is -2.40. The molecule has 3 atom stereocenters. The smallest absolute Gasteiger partial charge is 0.416 e. The molecule has 7 nitrogen and oxygen atoms in total. The second-order valence-electron chi connectivity index (χ2n) is 11.5. The number of carboxylic acids is 1. The third kappa shape index (κ3) is 4.13. The second kappa shape index (κ2) is 9.05. The van der Waals surface area contributed by atoms with E-state index in [9.17, 15) is 28.2 Å². The first-order valence-electron chi connectivity index (χ1n) is 13.0. The molecule has 5 rings (SSSR count). The molecule has 0 saturated heterocycles. The number of carbonyl (C=O) groups is 1. The molecular weight excluding hydrogens is 521 g/mol. The van der Waals surface area contributed by atoms with Gasteiger partial charge in [0, 0.05) is 23.9 Å². The third-order valence-corrected chi connectivity index (χ3v) is 9.09. The Hall–Kier alpha value is -3.92. The number of imidazole rings is 1. The van der Waals surface area contributed by atoms with E-state index >= 15 is 0 Å². The quantitative estimate of drug-likeness (QED) is 0.270. The number of nitrogens with zero attached hydrogens (tertiary/aromatic N) is 3. The number of nitrogen functional groups attached to an aromatic ring is 1. The van der Waals surface area contributed by atoms with Gasteiger partial charge in [-0.2, -0.15) is 13.2 Å². The molecular formula is C30H31F3N4O3. The highest BCUT2D eigenvalue weighted by atomic mass is 19.4. The minimum absolute atomic E-state index is 0.114. The summed E-state index contributed by atoms with van der Waals surface area (Å²) in [5, 5.41) is 21.3. The number of hydrogen-bond acceptors (Lipinski definition) is 5. The normalized spacial score (nSPS) is 22.4. The van der Waals surface area contributed by atoms with Crippen molar-refractivity contribution >= 4 is 17.3 Å². The molecule has 210 valence electrons. The maximum Gasteiger partial charge on any atom is 0.416 e. The summed E-state index contributed by atoms with van der Waals surface area (Å²) < 4.78 is 41.7. The van der Waals surface area contributed by atoms with Crippen LogP contribution in [0.5, 0.6) is 0 Å². The van der Waals surface area contributed by atoms with E-state index in [0.29, 0.717) is 41.0 Å². The number of fused-ring (bicyclic) bond motifs is 1. The zero-order valence-electron chi connectivity index (χ0n) is 22.6. The molecule has 4 N–H and O–H groups in total. The summed E-state index contributed by atoms with van der Waals surface area (Å²) in [6.45, 7) is 7.13. The van der Waals surface area contributed by atoms with E-state index in [0.717, 1.165) is 12.1 Å². The number of benzene rings is 2. The molecule has 2 aromatic carbocycles. The van der Waals surface area contributed by atoms with Crippen molar-refractivity contribution in [2.45, 2.75) is 58.2 Å². The van der Waals surface area contributed by atoms with Gasteiger partial charge in [-0.05, 0) is 55.4 Å². The first-order chi connectivity index (χ1) is 18.6. The third-order valence-electron chi connectivity index (χ3n) is 9.09. The van der Waals surface area contributed by atoms with Crippen LogP contribution in [0.2, 0.25) is 0 Å². The van der Waals surface area contributed by atoms with Crippen molar-refractivity contribution in [2.75, 3.05) is 5.73 Å². The molecule has 1 saturated carbocycles. The second-order valence-corrected chi connectivity index (χ2v) is 11.5. The summed E-state index contributed by atoms with van der Waals surface area (Å²) in [6, 6.07) is 11.4. The maximum absolute atomic E-state index is 13.3. The zero-order chi connectivity index (χ0) is 29.3. The Kier molecular flexibility index (Phi) is 6.26. The number of halogens is 3. The Labute approximate surface area is 229 Å². The summed E-state index contributed by atoms with van der Waals surface area (Å²) in [6.07, 6.45) is -0.0546. The Balaban J connectivity index is 1.57. The van der Waals surface area contributed by atoms with Crippen LogP contribution in [0, 0.1) is 10.8 Å². The maximum atomic E-state index is 13.3. The van der Waals surface area contributed by atoms with Crippen LogP contribution in [0.15, 0.2) is 60.9 Å². The lowest BCUT2D eigenvalue weighted by Gasteiger charge is -2.38. The lowest BCUT2D eigenvalue weighted by molar-refractivity contribution is -0.153. The molecule has 1 fully saturated rings. The van der Waals surface area contributed by atoms with Gasteiger partial charge in [-0.3, -0.25) is 9.20 Å². The average molecular weight is 553 g/mol. The average Bonchev–Trinajstić information content (AvgIpc) is 3.39. The molecule has 0 radical (unpaired) electrons. The molecule has 2 aromatic heterocycles. The van der Waals surface area contributed by atoms with E-state index in [1.165, 1.54) is 19.1 Å². The zero-order valence-corrected chi connectivity index (χ0v) is 22.6. The number of aromatic nitrogens is 3. The fourth-order valence-electron chi connectivity index (χ4n) is 5.99. The topological polar surface area (TPSA) is 114 Å². The highest BCUT2D eigenvalue weighted by Gasteiger charge is 2.57. The summed E-state index contributed by atoms with van der Waals surface area (Å²) in [7, 11) is 0. The number of hydrogen-bond donors (Lipinski definition) is 3. The molecule has 0 bridgehead atoms. The molecule has 40 heavy (non-hydrogen) atoms. The van der Waals surface area contributed by atoms with Crippen molar-refractivity contribution in [3.63, 3.8) is 0 Å². The monoisotopic (exact) mass is 552 g/mol. The Bertz CT molecular complexity index is 1610. The summed E-state index contributed by atoms with van der Waals surface area (Å²) in [5.74, 6) is -0.0644. The number of anilines is 1. The van der Waals surface area contributed by atoms with Crippen LogP contribution >= 0.6 is 0 Å². The number of alkyl halides is 3. The predicted octanol–water partition coefficient (Wildman–Crippen LogP) is 6.25. The summed E-state index contributed by atoms with van der Waals surface area (Å²) >= 11 is 0. The fourth-order valence-corrected chi connectivity index (χ4v) is 5.99. The van der Waals surface area contributed by atoms with E-state index in [1.54, 1.807) is 43.6 Å². The van der Waals surface area contributed by atoms with Crippen molar-refractivity contribution in [1.29, 1.82) is 0 Å². The van der Waals surface area contributed by atoms with Gasteiger partial charge < -0.3 is 15.9 Å². The molecule has 2 heterocycles. The van der Waals surface area contributed by atoms with Gasteiger partial charge in [-0.15, -0.1) is 0 Å². The number of aliphatic carboxylic acids is 1. The number of aliphatic hydroxyl groups is 1. The highest BCUT2D eigenvalue weighted by Crippen LogP contribution is 2.60. The van der Waals surface area contributed by atoms with Gasteiger partial charge in [0.15, 0.2) is 0 Å². The molecule has 10 heteroatoms. The summed E-state index contributed by atoms with van der Waals surface area (Å²) in [5.41, 5.74) is 4.55. The van der Waals surface area contributed by atoms with Crippen molar-refractivity contribution in [3.05, 3.63) is 83.4 Å². The SMILES string of the molecule is CC1(C)[C@@H](c2nc(-c3ccc([C@@](C)(O)c4cccc(C(F)(F)F)c4)cc3)c3c(N)nccn23)CC[C@@]1(C)C(=O)O. The predicted molar refractivity (Wildman–Crippen MR) is 144 cm³/mol. The van der Waals surface area contributed by atoms with Crippen LogP contribution in [-0.4, -0.2) is 30.6 Å². The molecule has 4 aromatic rings. The van der Waals surface area contributed by atoms with Crippen molar-refractivity contribution < 1.29 is 28.2 Å². The van der Waals surface area contributed by atoms with Gasteiger partial charge in [0.1, 0.15) is 28.5 Å². The van der Waals surface area contributed by atoms with E-state index in [-0.39, 0.29) is 17.3 Å². The first kappa shape index (κ1) is 27.6. The minimum Gasteiger partial charge on any atom is -0.481 e. The first-order valence-corrected chi connectivity index (χ1v) is 13.0. The van der Waals surface area contributed by atoms with Crippen LogP contribution in [0.1, 0.15) is 69.0 Å². The Morgan fingerprint density at radius 3 is 2.33 bits per heavy atom. The van der Waals surface area contributed by atoms with Gasteiger partial charge in [0.25, 0.3) is 0 Å².